The van der Waals surface area contributed by atoms with Crippen molar-refractivity contribution in [3.8, 4) is 0 Å². The summed E-state index contributed by atoms with van der Waals surface area (Å²) >= 11 is 1.41. The molecule has 1 aromatic carbocycles. The highest BCUT2D eigenvalue weighted by Gasteiger charge is 2.29. The van der Waals surface area contributed by atoms with Crippen LogP contribution in [0.2, 0.25) is 0 Å². The number of aromatic amines is 1. The molecule has 12 heteroatoms. The summed E-state index contributed by atoms with van der Waals surface area (Å²) in [5.74, 6) is 1.87. The van der Waals surface area contributed by atoms with E-state index in [4.69, 9.17) is 9.97 Å². The zero-order chi connectivity index (χ0) is 26.8. The zero-order valence-corrected chi connectivity index (χ0v) is 22.6. The number of fused-ring (bicyclic) bond motifs is 1. The highest BCUT2D eigenvalue weighted by molar-refractivity contribution is 7.99. The number of carbonyl (C=O) groups excluding carboxylic acids is 2. The fraction of sp³-hybridized carbons (Fsp3) is 0.370. The summed E-state index contributed by atoms with van der Waals surface area (Å²) in [5.41, 5.74) is 2.33. The lowest BCUT2D eigenvalue weighted by Crippen LogP contribution is -2.37. The van der Waals surface area contributed by atoms with Crippen LogP contribution in [0.25, 0.3) is 5.65 Å². The van der Waals surface area contributed by atoms with E-state index < -0.39 is 0 Å². The van der Waals surface area contributed by atoms with Gasteiger partial charge in [0.25, 0.3) is 0 Å². The number of rotatable bonds is 9. The summed E-state index contributed by atoms with van der Waals surface area (Å²) in [6.45, 7) is 4.19. The van der Waals surface area contributed by atoms with E-state index in [0.717, 1.165) is 55.0 Å². The van der Waals surface area contributed by atoms with Gasteiger partial charge in [-0.05, 0) is 93.9 Å². The maximum absolute atomic E-state index is 12.9. The molecule has 0 spiro atoms. The number of hydrogen-bond donors (Lipinski definition) is 4. The van der Waals surface area contributed by atoms with E-state index in [2.05, 4.69) is 31.0 Å². The summed E-state index contributed by atoms with van der Waals surface area (Å²) in [7, 11) is 0. The largest absolute Gasteiger partial charge is 0.326 e. The molecule has 11 nitrogen and oxygen atoms in total. The van der Waals surface area contributed by atoms with Crippen LogP contribution in [0.3, 0.4) is 0 Å². The number of aromatic nitrogens is 5. The van der Waals surface area contributed by atoms with Gasteiger partial charge in [0.05, 0.1) is 6.54 Å². The Hall–Kier alpha value is -3.90. The van der Waals surface area contributed by atoms with Crippen molar-refractivity contribution in [3.63, 3.8) is 0 Å². The lowest BCUT2D eigenvalue weighted by molar-refractivity contribution is -0.118. The molecule has 0 bridgehead atoms. The number of anilines is 4. The molecule has 1 aliphatic heterocycles. The minimum Gasteiger partial charge on any atom is -0.326 e. The number of nitrogens with one attached hydrogen (secondary N) is 4. The van der Waals surface area contributed by atoms with Crippen molar-refractivity contribution in [3.05, 3.63) is 48.2 Å². The molecule has 2 aliphatic rings. The van der Waals surface area contributed by atoms with Crippen molar-refractivity contribution in [2.75, 3.05) is 35.6 Å². The van der Waals surface area contributed by atoms with Crippen LogP contribution < -0.4 is 16.0 Å². The van der Waals surface area contributed by atoms with Crippen LogP contribution in [0.1, 0.15) is 37.8 Å². The Balaban J connectivity index is 1.23. The first-order chi connectivity index (χ1) is 19.0. The summed E-state index contributed by atoms with van der Waals surface area (Å²) in [5, 5.41) is 17.0. The van der Waals surface area contributed by atoms with Gasteiger partial charge in [0, 0.05) is 28.3 Å². The van der Waals surface area contributed by atoms with E-state index in [1.807, 2.05) is 49.4 Å². The Morgan fingerprint density at radius 3 is 2.54 bits per heavy atom. The molecular formula is C27H31N9O2S. The van der Waals surface area contributed by atoms with Gasteiger partial charge in [-0.25, -0.2) is 9.38 Å². The van der Waals surface area contributed by atoms with E-state index in [1.165, 1.54) is 18.2 Å². The average Bonchev–Trinajstić information content (AvgIpc) is 3.59. The molecule has 4 aromatic rings. The Kier molecular flexibility index (Phi) is 7.20. The van der Waals surface area contributed by atoms with Gasteiger partial charge in [0.2, 0.25) is 17.8 Å². The molecule has 3 aromatic heterocycles. The smallest absolute Gasteiger partial charge is 0.239 e. The monoisotopic (exact) mass is 545 g/mol. The van der Waals surface area contributed by atoms with Crippen LogP contribution in [0.4, 0.5) is 23.3 Å². The lowest BCUT2D eigenvalue weighted by Gasteiger charge is -2.25. The third-order valence-corrected chi connectivity index (χ3v) is 7.67. The van der Waals surface area contributed by atoms with E-state index in [9.17, 15) is 9.59 Å². The molecule has 39 heavy (non-hydrogen) atoms. The van der Waals surface area contributed by atoms with Crippen molar-refractivity contribution in [2.24, 2.45) is 5.92 Å². The van der Waals surface area contributed by atoms with Gasteiger partial charge < -0.3 is 16.0 Å². The first kappa shape index (κ1) is 25.4. The van der Waals surface area contributed by atoms with Crippen LogP contribution in [0.5, 0.6) is 0 Å². The predicted molar refractivity (Wildman–Crippen MR) is 150 cm³/mol. The van der Waals surface area contributed by atoms with Crippen LogP contribution in [-0.2, 0) is 9.59 Å². The molecule has 0 unspecified atom stereocenters. The summed E-state index contributed by atoms with van der Waals surface area (Å²) in [4.78, 5) is 37.6. The fourth-order valence-electron chi connectivity index (χ4n) is 4.63. The zero-order valence-electron chi connectivity index (χ0n) is 21.7. The number of likely N-dealkylation sites (tertiary alicyclic amines) is 1. The van der Waals surface area contributed by atoms with E-state index in [-0.39, 0.29) is 17.7 Å². The van der Waals surface area contributed by atoms with Gasteiger partial charge in [0.15, 0.2) is 11.0 Å². The second-order valence-electron chi connectivity index (χ2n) is 10.1. The third-order valence-electron chi connectivity index (χ3n) is 6.79. The number of piperidine rings is 1. The molecule has 2 amide bonds. The minimum absolute atomic E-state index is 0.0641. The molecule has 1 aliphatic carbocycles. The number of hydrogen-bond acceptors (Lipinski definition) is 8. The van der Waals surface area contributed by atoms with E-state index in [1.54, 1.807) is 4.40 Å². The SMILES string of the molecule is Cc1cc(Nc2nc(Sc3ccc(NC(=O)C4CC4)cc3)nc3ccc(NC(=O)CN4CCCCC4)n23)n[nH]1. The predicted octanol–water partition coefficient (Wildman–Crippen LogP) is 4.43. The Morgan fingerprint density at radius 1 is 1.03 bits per heavy atom. The molecule has 1 saturated heterocycles. The Labute approximate surface area is 230 Å². The molecular weight excluding hydrogens is 514 g/mol. The highest BCUT2D eigenvalue weighted by atomic mass is 32.2. The molecule has 4 heterocycles. The van der Waals surface area contributed by atoms with Crippen LogP contribution in [0, 0.1) is 12.8 Å². The standard InChI is InChI=1S/C27H31N9O2S/c1-17-15-21(34-33-17)29-26-32-27(39-20-9-7-19(8-10-20)28-25(38)18-5-6-18)31-23-12-11-22(36(23)26)30-24(37)16-35-13-3-2-4-14-35/h7-12,15,18H,2-6,13-14,16H2,1H3,(H,28,38)(H,30,37)(H2,29,31,32,33,34). The first-order valence-corrected chi connectivity index (χ1v) is 14.1. The van der Waals surface area contributed by atoms with Crippen LogP contribution in [-0.4, -0.2) is 60.9 Å². The van der Waals surface area contributed by atoms with Crippen molar-refractivity contribution in [1.29, 1.82) is 0 Å². The number of benzene rings is 1. The van der Waals surface area contributed by atoms with Crippen LogP contribution in [0.15, 0.2) is 52.5 Å². The third kappa shape index (κ3) is 6.23. The molecule has 4 N–H and O–H groups in total. The second-order valence-corrected chi connectivity index (χ2v) is 11.1. The van der Waals surface area contributed by atoms with Crippen molar-refractivity contribution >= 4 is 52.5 Å². The van der Waals surface area contributed by atoms with Gasteiger partial charge in [0.1, 0.15) is 11.5 Å². The maximum Gasteiger partial charge on any atom is 0.239 e. The molecule has 1 saturated carbocycles. The first-order valence-electron chi connectivity index (χ1n) is 13.3. The van der Waals surface area contributed by atoms with E-state index >= 15 is 0 Å². The number of carbonyl (C=O) groups is 2. The molecule has 202 valence electrons. The average molecular weight is 546 g/mol. The van der Waals surface area contributed by atoms with Gasteiger partial charge in [-0.2, -0.15) is 10.1 Å². The molecule has 0 atom stereocenters. The van der Waals surface area contributed by atoms with Crippen molar-refractivity contribution < 1.29 is 9.59 Å². The van der Waals surface area contributed by atoms with Gasteiger partial charge in [-0.1, -0.05) is 6.42 Å². The van der Waals surface area contributed by atoms with Gasteiger partial charge in [-0.15, -0.1) is 0 Å². The minimum atomic E-state index is -0.0641. The summed E-state index contributed by atoms with van der Waals surface area (Å²) in [6.07, 6.45) is 5.42. The molecule has 6 rings (SSSR count). The van der Waals surface area contributed by atoms with Gasteiger partial charge in [-0.3, -0.25) is 19.6 Å². The van der Waals surface area contributed by atoms with Crippen molar-refractivity contribution in [1.82, 2.24) is 29.5 Å². The van der Waals surface area contributed by atoms with Gasteiger partial charge >= 0.3 is 0 Å². The fourth-order valence-corrected chi connectivity index (χ4v) is 5.38. The second kappa shape index (κ2) is 11.1. The van der Waals surface area contributed by atoms with Crippen molar-refractivity contribution in [2.45, 2.75) is 49.1 Å². The number of aryl methyl sites for hydroxylation is 1. The lowest BCUT2D eigenvalue weighted by atomic mass is 10.1. The normalized spacial score (nSPS) is 15.8. The maximum atomic E-state index is 12.9. The topological polar surface area (TPSA) is 132 Å². The number of H-pyrrole nitrogens is 1. The number of amides is 2. The highest BCUT2D eigenvalue weighted by Crippen LogP contribution is 2.32. The summed E-state index contributed by atoms with van der Waals surface area (Å²) < 4.78 is 1.79. The van der Waals surface area contributed by atoms with E-state index in [0.29, 0.717) is 34.9 Å². The van der Waals surface area contributed by atoms with Crippen LogP contribution >= 0.6 is 11.8 Å². The Morgan fingerprint density at radius 2 is 1.82 bits per heavy atom. The Bertz CT molecular complexity index is 1490. The number of nitrogens with zero attached hydrogens (tertiary/aromatic N) is 5. The quantitative estimate of drug-likeness (QED) is 0.243. The molecule has 0 radical (unpaired) electrons. The molecule has 2 fully saturated rings. The summed E-state index contributed by atoms with van der Waals surface area (Å²) in [6, 6.07) is 13.2.